The van der Waals surface area contributed by atoms with Crippen molar-refractivity contribution >= 4 is 34.2 Å². The van der Waals surface area contributed by atoms with Crippen molar-refractivity contribution in [3.63, 3.8) is 0 Å². The highest BCUT2D eigenvalue weighted by atomic mass is 32.2. The number of unbranched alkanes of at least 4 members (excludes halogenated alkanes) is 1. The summed E-state index contributed by atoms with van der Waals surface area (Å²) >= 11 is 0. The zero-order chi connectivity index (χ0) is 33.0. The molecule has 1 unspecified atom stereocenters. The van der Waals surface area contributed by atoms with Crippen LogP contribution in [0.3, 0.4) is 0 Å². The Bertz CT molecular complexity index is 1660. The van der Waals surface area contributed by atoms with Crippen LogP contribution in [0.1, 0.15) is 51.2 Å². The molecule has 1 atom stereocenters. The number of carbonyl (C=O) groups is 1. The van der Waals surface area contributed by atoms with Gasteiger partial charge in [0.15, 0.2) is 0 Å². The van der Waals surface area contributed by atoms with Gasteiger partial charge in [-0.1, -0.05) is 57.5 Å². The number of nitrogens with zero attached hydrogens (tertiary/aromatic N) is 3. The summed E-state index contributed by atoms with van der Waals surface area (Å²) < 4.78 is 24.1. The summed E-state index contributed by atoms with van der Waals surface area (Å²) in [6.07, 6.45) is 8.02. The molecule has 9 heteroatoms. The number of rotatable bonds is 15. The Labute approximate surface area is 280 Å². The molecule has 0 bridgehead atoms. The van der Waals surface area contributed by atoms with Gasteiger partial charge in [-0.15, -0.1) is 0 Å². The third-order valence-electron chi connectivity index (χ3n) is 7.81. The molecule has 0 spiro atoms. The standard InChI is InChI=1S/C38H44N4O4S/c1-4-5-21-45-22-23-46-35-14-9-30(10-15-35)31-11-16-36-33(24-31)25-32(17-20-42(36)26-28(2)3)37(43)41-34-12-7-29(8-13-34)27-47(44)38-39-18-6-19-40-38/h6-16,18-19,24-25,28H,4-5,17,20-23,26-27H2,1-3H3,(H,41,43). The van der Waals surface area contributed by atoms with Crippen LogP contribution in [-0.2, 0) is 26.1 Å². The molecule has 1 aliphatic rings. The zero-order valence-electron chi connectivity index (χ0n) is 27.5. The number of aromatic nitrogens is 2. The lowest BCUT2D eigenvalue weighted by Gasteiger charge is -2.27. The molecule has 1 aromatic heterocycles. The Hall–Kier alpha value is -4.34. The van der Waals surface area contributed by atoms with Gasteiger partial charge in [0.1, 0.15) is 12.4 Å². The maximum absolute atomic E-state index is 13.6. The van der Waals surface area contributed by atoms with E-state index in [9.17, 15) is 9.00 Å². The van der Waals surface area contributed by atoms with Crippen LogP contribution in [0.2, 0.25) is 0 Å². The number of fused-ring (bicyclic) bond motifs is 1. The minimum Gasteiger partial charge on any atom is -0.491 e. The van der Waals surface area contributed by atoms with E-state index in [1.54, 1.807) is 18.5 Å². The summed E-state index contributed by atoms with van der Waals surface area (Å²) in [7, 11) is -1.34. The lowest BCUT2D eigenvalue weighted by molar-refractivity contribution is -0.112. The quantitative estimate of drug-likeness (QED) is 0.105. The fraction of sp³-hybridized carbons (Fsp3) is 0.342. The molecule has 5 rings (SSSR count). The lowest BCUT2D eigenvalue weighted by atomic mass is 10.00. The Balaban J connectivity index is 1.28. The maximum atomic E-state index is 13.6. The smallest absolute Gasteiger partial charge is 0.251 e. The van der Waals surface area contributed by atoms with E-state index in [0.29, 0.717) is 42.1 Å². The van der Waals surface area contributed by atoms with Gasteiger partial charge in [-0.3, -0.25) is 9.00 Å². The molecule has 2 heterocycles. The number of ether oxygens (including phenoxy) is 2. The second-order valence-electron chi connectivity index (χ2n) is 12.0. The Kier molecular flexibility index (Phi) is 12.3. The molecule has 4 aromatic rings. The van der Waals surface area contributed by atoms with Crippen molar-refractivity contribution in [1.29, 1.82) is 0 Å². The van der Waals surface area contributed by atoms with E-state index in [1.165, 1.54) is 0 Å². The normalized spacial score (nSPS) is 13.4. The summed E-state index contributed by atoms with van der Waals surface area (Å²) in [5, 5.41) is 3.38. The van der Waals surface area contributed by atoms with E-state index in [2.05, 4.69) is 71.3 Å². The van der Waals surface area contributed by atoms with Crippen molar-refractivity contribution in [1.82, 2.24) is 9.97 Å². The molecular formula is C38H44N4O4S. The molecule has 3 aromatic carbocycles. The summed E-state index contributed by atoms with van der Waals surface area (Å²) in [5.74, 6) is 1.47. The molecule has 8 nitrogen and oxygen atoms in total. The number of anilines is 2. The Morgan fingerprint density at radius 2 is 1.70 bits per heavy atom. The van der Waals surface area contributed by atoms with E-state index in [4.69, 9.17) is 9.47 Å². The number of hydrogen-bond donors (Lipinski definition) is 1. The minimum atomic E-state index is -1.34. The van der Waals surface area contributed by atoms with E-state index >= 15 is 0 Å². The van der Waals surface area contributed by atoms with Gasteiger partial charge in [0.25, 0.3) is 5.91 Å². The van der Waals surface area contributed by atoms with Crippen molar-refractivity contribution in [2.45, 2.75) is 50.9 Å². The molecule has 0 saturated carbocycles. The van der Waals surface area contributed by atoms with Crippen molar-refractivity contribution in [3.05, 3.63) is 102 Å². The molecule has 246 valence electrons. The van der Waals surface area contributed by atoms with Crippen LogP contribution < -0.4 is 15.0 Å². The molecule has 0 fully saturated rings. The van der Waals surface area contributed by atoms with Crippen LogP contribution in [0.5, 0.6) is 5.75 Å². The van der Waals surface area contributed by atoms with Gasteiger partial charge >= 0.3 is 0 Å². The first-order valence-electron chi connectivity index (χ1n) is 16.4. The number of hydrogen-bond acceptors (Lipinski definition) is 7. The highest BCUT2D eigenvalue weighted by Crippen LogP contribution is 2.34. The van der Waals surface area contributed by atoms with Gasteiger partial charge in [-0.25, -0.2) is 9.97 Å². The van der Waals surface area contributed by atoms with Crippen LogP contribution in [-0.4, -0.2) is 53.0 Å². The van der Waals surface area contributed by atoms with Gasteiger partial charge in [0.2, 0.25) is 5.16 Å². The van der Waals surface area contributed by atoms with Crippen molar-refractivity contribution < 1.29 is 18.5 Å². The second-order valence-corrected chi connectivity index (χ2v) is 13.4. The average Bonchev–Trinajstić information content (AvgIpc) is 3.26. The third kappa shape index (κ3) is 9.83. The summed E-state index contributed by atoms with van der Waals surface area (Å²) in [6.45, 7) is 10.1. The molecular weight excluding hydrogens is 609 g/mol. The van der Waals surface area contributed by atoms with Crippen molar-refractivity contribution in [2.75, 3.05) is 43.1 Å². The van der Waals surface area contributed by atoms with Crippen molar-refractivity contribution in [2.24, 2.45) is 5.92 Å². The van der Waals surface area contributed by atoms with Crippen LogP contribution >= 0.6 is 0 Å². The third-order valence-corrected chi connectivity index (χ3v) is 9.02. The van der Waals surface area contributed by atoms with E-state index < -0.39 is 10.8 Å². The van der Waals surface area contributed by atoms with Crippen molar-refractivity contribution in [3.8, 4) is 16.9 Å². The van der Waals surface area contributed by atoms with Gasteiger partial charge in [0.05, 0.1) is 23.2 Å². The predicted molar refractivity (Wildman–Crippen MR) is 190 cm³/mol. The van der Waals surface area contributed by atoms with Gasteiger partial charge in [0, 0.05) is 49.0 Å². The Morgan fingerprint density at radius 1 is 0.957 bits per heavy atom. The highest BCUT2D eigenvalue weighted by Gasteiger charge is 2.21. The molecule has 0 radical (unpaired) electrons. The molecule has 1 N–H and O–H groups in total. The average molecular weight is 653 g/mol. The molecule has 0 saturated heterocycles. The highest BCUT2D eigenvalue weighted by molar-refractivity contribution is 7.84. The predicted octanol–water partition coefficient (Wildman–Crippen LogP) is 7.54. The fourth-order valence-corrected chi connectivity index (χ4v) is 6.39. The summed E-state index contributed by atoms with van der Waals surface area (Å²) in [6, 6.07) is 23.8. The van der Waals surface area contributed by atoms with Gasteiger partial charge in [-0.2, -0.15) is 0 Å². The van der Waals surface area contributed by atoms with Gasteiger partial charge in [-0.05, 0) is 89.6 Å². The van der Waals surface area contributed by atoms with Gasteiger partial charge < -0.3 is 19.7 Å². The first-order chi connectivity index (χ1) is 22.9. The lowest BCUT2D eigenvalue weighted by Crippen LogP contribution is -2.29. The van der Waals surface area contributed by atoms with E-state index in [0.717, 1.165) is 71.8 Å². The molecule has 1 amide bonds. The first kappa shape index (κ1) is 34.0. The van der Waals surface area contributed by atoms with Crippen LogP contribution in [0.15, 0.2) is 95.9 Å². The number of carbonyl (C=O) groups excluding carboxylic acids is 1. The number of benzene rings is 3. The van der Waals surface area contributed by atoms with Crippen LogP contribution in [0.4, 0.5) is 11.4 Å². The molecule has 0 aliphatic carbocycles. The Morgan fingerprint density at radius 3 is 2.43 bits per heavy atom. The minimum absolute atomic E-state index is 0.123. The monoisotopic (exact) mass is 652 g/mol. The first-order valence-corrected chi connectivity index (χ1v) is 17.7. The SMILES string of the molecule is CCCCOCCOc1ccc(-c2ccc3c(c2)C=C(C(=O)Nc2ccc(CS(=O)c4ncccn4)cc2)CCN3CC(C)C)cc1. The maximum Gasteiger partial charge on any atom is 0.251 e. The largest absolute Gasteiger partial charge is 0.491 e. The number of nitrogens with one attached hydrogen (secondary N) is 1. The second kappa shape index (κ2) is 17.0. The van der Waals surface area contributed by atoms with E-state index in [1.807, 2.05) is 42.5 Å². The fourth-order valence-electron chi connectivity index (χ4n) is 5.41. The summed E-state index contributed by atoms with van der Waals surface area (Å²) in [4.78, 5) is 24.1. The molecule has 47 heavy (non-hydrogen) atoms. The molecule has 1 aliphatic heterocycles. The summed E-state index contributed by atoms with van der Waals surface area (Å²) in [5.41, 5.74) is 6.61. The number of amides is 1. The van der Waals surface area contributed by atoms with Crippen LogP contribution in [0, 0.1) is 5.92 Å². The topological polar surface area (TPSA) is 93.6 Å². The van der Waals surface area contributed by atoms with Crippen LogP contribution in [0.25, 0.3) is 17.2 Å². The zero-order valence-corrected chi connectivity index (χ0v) is 28.3. The van der Waals surface area contributed by atoms with E-state index in [-0.39, 0.29) is 5.91 Å².